The molecule has 94 valence electrons. The Hall–Kier alpha value is -1.39. The van der Waals surface area contributed by atoms with E-state index in [1.807, 2.05) is 24.3 Å². The Bertz CT molecular complexity index is 515. The van der Waals surface area contributed by atoms with Crippen LogP contribution in [0.3, 0.4) is 0 Å². The van der Waals surface area contributed by atoms with Gasteiger partial charge in [-0.05, 0) is 30.3 Å². The highest BCUT2D eigenvalue weighted by Crippen LogP contribution is 2.24. The van der Waals surface area contributed by atoms with Gasteiger partial charge in [0.15, 0.2) is 0 Å². The summed E-state index contributed by atoms with van der Waals surface area (Å²) in [4.78, 5) is 0. The first-order valence-electron chi connectivity index (χ1n) is 5.57. The zero-order valence-corrected chi connectivity index (χ0v) is 11.2. The fraction of sp³-hybridized carbons (Fsp3) is 0.143. The summed E-state index contributed by atoms with van der Waals surface area (Å²) < 4.78 is 20.3. The number of benzene rings is 2. The second kappa shape index (κ2) is 5.98. The molecule has 0 saturated heterocycles. The van der Waals surface area contributed by atoms with Gasteiger partial charge in [0.1, 0.15) is 17.7 Å². The van der Waals surface area contributed by atoms with Gasteiger partial charge in [-0.25, -0.2) is 4.39 Å². The molecule has 0 amide bonds. The van der Waals surface area contributed by atoms with Crippen molar-refractivity contribution in [1.29, 1.82) is 0 Å². The molecular weight excluding hydrogens is 297 g/mol. The van der Waals surface area contributed by atoms with Gasteiger partial charge in [-0.2, -0.15) is 0 Å². The molecule has 1 atom stereocenters. The van der Waals surface area contributed by atoms with Gasteiger partial charge in [-0.1, -0.05) is 34.1 Å². The van der Waals surface area contributed by atoms with Crippen LogP contribution in [0.2, 0.25) is 0 Å². The molecule has 0 bridgehead atoms. The van der Waals surface area contributed by atoms with Crippen molar-refractivity contribution in [3.05, 3.63) is 64.4 Å². The number of rotatable bonds is 4. The summed E-state index contributed by atoms with van der Waals surface area (Å²) in [5.74, 6) is 0.363. The van der Waals surface area contributed by atoms with E-state index in [-0.39, 0.29) is 12.4 Å². The molecule has 2 N–H and O–H groups in total. The van der Waals surface area contributed by atoms with Crippen LogP contribution in [-0.2, 0) is 0 Å². The monoisotopic (exact) mass is 309 g/mol. The molecule has 2 aromatic rings. The number of nitrogens with two attached hydrogens (primary N) is 1. The van der Waals surface area contributed by atoms with E-state index in [0.29, 0.717) is 11.3 Å². The van der Waals surface area contributed by atoms with Gasteiger partial charge in [-0.15, -0.1) is 0 Å². The van der Waals surface area contributed by atoms with Crippen LogP contribution in [0.25, 0.3) is 0 Å². The molecule has 18 heavy (non-hydrogen) atoms. The first-order chi connectivity index (χ1) is 8.70. The third-order valence-electron chi connectivity index (χ3n) is 2.56. The quantitative estimate of drug-likeness (QED) is 0.935. The van der Waals surface area contributed by atoms with Crippen molar-refractivity contribution in [2.75, 3.05) is 6.54 Å². The van der Waals surface area contributed by atoms with Gasteiger partial charge < -0.3 is 10.5 Å². The molecule has 0 fully saturated rings. The zero-order valence-electron chi connectivity index (χ0n) is 9.64. The summed E-state index contributed by atoms with van der Waals surface area (Å²) in [5, 5.41) is 0. The van der Waals surface area contributed by atoms with Gasteiger partial charge in [0.2, 0.25) is 0 Å². The van der Waals surface area contributed by atoms with Crippen molar-refractivity contribution < 1.29 is 9.13 Å². The number of ether oxygens (including phenoxy) is 1. The minimum Gasteiger partial charge on any atom is -0.484 e. The highest BCUT2D eigenvalue weighted by molar-refractivity contribution is 9.10. The number of hydrogen-bond acceptors (Lipinski definition) is 2. The van der Waals surface area contributed by atoms with Crippen LogP contribution in [0, 0.1) is 5.82 Å². The lowest BCUT2D eigenvalue weighted by Gasteiger charge is -2.18. The van der Waals surface area contributed by atoms with Crippen LogP contribution >= 0.6 is 15.9 Å². The van der Waals surface area contributed by atoms with E-state index < -0.39 is 6.10 Å². The Kier molecular flexibility index (Phi) is 4.33. The first kappa shape index (κ1) is 13.1. The molecule has 0 aromatic heterocycles. The Balaban J connectivity index is 2.20. The summed E-state index contributed by atoms with van der Waals surface area (Å²) >= 11 is 3.35. The lowest BCUT2D eigenvalue weighted by atomic mass is 10.1. The van der Waals surface area contributed by atoms with Crippen LogP contribution in [-0.4, -0.2) is 6.54 Å². The SMILES string of the molecule is NCC(Oc1ccc(Br)cc1)c1ccccc1F. The van der Waals surface area contributed by atoms with Crippen LogP contribution < -0.4 is 10.5 Å². The second-order valence-corrected chi connectivity index (χ2v) is 4.73. The summed E-state index contributed by atoms with van der Waals surface area (Å²) in [6.45, 7) is 0.219. The molecule has 0 aliphatic carbocycles. The van der Waals surface area contributed by atoms with Crippen LogP contribution in [0.4, 0.5) is 4.39 Å². The van der Waals surface area contributed by atoms with E-state index in [1.54, 1.807) is 18.2 Å². The highest BCUT2D eigenvalue weighted by Gasteiger charge is 2.15. The lowest BCUT2D eigenvalue weighted by molar-refractivity contribution is 0.209. The maximum Gasteiger partial charge on any atom is 0.139 e. The van der Waals surface area contributed by atoms with E-state index in [1.165, 1.54) is 6.07 Å². The molecule has 0 heterocycles. The average Bonchev–Trinajstić information content (AvgIpc) is 2.39. The standard InChI is InChI=1S/C14H13BrFNO/c15-10-5-7-11(8-6-10)18-14(9-17)12-3-1-2-4-13(12)16/h1-8,14H,9,17H2. The van der Waals surface area contributed by atoms with E-state index in [4.69, 9.17) is 10.5 Å². The smallest absolute Gasteiger partial charge is 0.139 e. The van der Waals surface area contributed by atoms with E-state index in [2.05, 4.69) is 15.9 Å². The molecular formula is C14H13BrFNO. The van der Waals surface area contributed by atoms with Gasteiger partial charge >= 0.3 is 0 Å². The molecule has 0 saturated carbocycles. The number of hydrogen-bond donors (Lipinski definition) is 1. The number of halogens is 2. The van der Waals surface area contributed by atoms with E-state index in [0.717, 1.165) is 4.47 Å². The highest BCUT2D eigenvalue weighted by atomic mass is 79.9. The fourth-order valence-electron chi connectivity index (χ4n) is 1.65. The van der Waals surface area contributed by atoms with Crippen molar-refractivity contribution in [2.24, 2.45) is 5.73 Å². The topological polar surface area (TPSA) is 35.2 Å². The molecule has 2 nitrogen and oxygen atoms in total. The fourth-order valence-corrected chi connectivity index (χ4v) is 1.92. The Morgan fingerprint density at radius 2 is 1.78 bits per heavy atom. The van der Waals surface area contributed by atoms with Crippen LogP contribution in [0.1, 0.15) is 11.7 Å². The van der Waals surface area contributed by atoms with Gasteiger partial charge in [0.05, 0.1) is 0 Å². The van der Waals surface area contributed by atoms with E-state index in [9.17, 15) is 4.39 Å². The van der Waals surface area contributed by atoms with Gasteiger partial charge in [-0.3, -0.25) is 0 Å². The summed E-state index contributed by atoms with van der Waals surface area (Å²) in [6, 6.07) is 13.9. The minimum absolute atomic E-state index is 0.219. The molecule has 2 aromatic carbocycles. The predicted molar refractivity (Wildman–Crippen MR) is 73.0 cm³/mol. The maximum absolute atomic E-state index is 13.7. The Morgan fingerprint density at radius 1 is 1.11 bits per heavy atom. The lowest BCUT2D eigenvalue weighted by Crippen LogP contribution is -2.19. The van der Waals surface area contributed by atoms with Crippen LogP contribution in [0.15, 0.2) is 53.0 Å². The average molecular weight is 310 g/mol. The van der Waals surface area contributed by atoms with E-state index >= 15 is 0 Å². The minimum atomic E-state index is -0.479. The zero-order chi connectivity index (χ0) is 13.0. The van der Waals surface area contributed by atoms with Crippen LogP contribution in [0.5, 0.6) is 5.75 Å². The normalized spacial score (nSPS) is 12.2. The summed E-state index contributed by atoms with van der Waals surface area (Å²) in [5.41, 5.74) is 6.13. The molecule has 0 radical (unpaired) electrons. The van der Waals surface area contributed by atoms with Gasteiger partial charge in [0, 0.05) is 16.6 Å². The molecule has 4 heteroatoms. The van der Waals surface area contributed by atoms with Crippen molar-refractivity contribution >= 4 is 15.9 Å². The van der Waals surface area contributed by atoms with Crippen molar-refractivity contribution in [2.45, 2.75) is 6.10 Å². The van der Waals surface area contributed by atoms with Crippen molar-refractivity contribution in [3.63, 3.8) is 0 Å². The van der Waals surface area contributed by atoms with Crippen molar-refractivity contribution in [1.82, 2.24) is 0 Å². The summed E-state index contributed by atoms with van der Waals surface area (Å²) in [6.07, 6.45) is -0.479. The predicted octanol–water partition coefficient (Wildman–Crippen LogP) is 3.67. The third kappa shape index (κ3) is 3.09. The molecule has 2 rings (SSSR count). The summed E-state index contributed by atoms with van der Waals surface area (Å²) in [7, 11) is 0. The Labute approximate surface area is 114 Å². The molecule has 0 aliphatic rings. The van der Waals surface area contributed by atoms with Gasteiger partial charge in [0.25, 0.3) is 0 Å². The molecule has 0 aliphatic heterocycles. The second-order valence-electron chi connectivity index (χ2n) is 3.82. The molecule has 1 unspecified atom stereocenters. The largest absolute Gasteiger partial charge is 0.484 e. The molecule has 0 spiro atoms. The van der Waals surface area contributed by atoms with Crippen molar-refractivity contribution in [3.8, 4) is 5.75 Å². The maximum atomic E-state index is 13.7. The first-order valence-corrected chi connectivity index (χ1v) is 6.36. The third-order valence-corrected chi connectivity index (χ3v) is 3.09. The Morgan fingerprint density at radius 3 is 2.39 bits per heavy atom.